The number of nitrogens with one attached hydrogen (secondary N) is 2. The van der Waals surface area contributed by atoms with E-state index in [0.717, 1.165) is 43.8 Å². The molecule has 2 rings (SSSR count). The van der Waals surface area contributed by atoms with Crippen molar-refractivity contribution in [2.75, 3.05) is 31.6 Å². The molecule has 0 aromatic heterocycles. The number of ether oxygens (including phenoxy) is 2. The van der Waals surface area contributed by atoms with Crippen molar-refractivity contribution in [3.8, 4) is 5.75 Å². The second-order valence-electron chi connectivity index (χ2n) is 5.18. The van der Waals surface area contributed by atoms with Gasteiger partial charge in [-0.2, -0.15) is 0 Å². The lowest BCUT2D eigenvalue weighted by molar-refractivity contribution is -0.123. The van der Waals surface area contributed by atoms with E-state index in [1.807, 2.05) is 24.3 Å². The van der Waals surface area contributed by atoms with Crippen LogP contribution < -0.4 is 15.4 Å². The smallest absolute Gasteiger partial charge is 0.250 e. The van der Waals surface area contributed by atoms with Gasteiger partial charge in [-0.3, -0.25) is 4.79 Å². The van der Waals surface area contributed by atoms with Crippen LogP contribution in [-0.2, 0) is 9.53 Å². The fraction of sp³-hybridized carbons (Fsp3) is 0.562. The maximum absolute atomic E-state index is 11.8. The van der Waals surface area contributed by atoms with Gasteiger partial charge in [-0.05, 0) is 56.6 Å². The van der Waals surface area contributed by atoms with Crippen molar-refractivity contribution in [3.05, 3.63) is 24.3 Å². The molecule has 116 valence electrons. The molecule has 1 aromatic rings. The number of amides is 1. The Morgan fingerprint density at radius 2 is 2.00 bits per heavy atom. The van der Waals surface area contributed by atoms with Crippen molar-refractivity contribution in [1.82, 2.24) is 5.32 Å². The van der Waals surface area contributed by atoms with Crippen LogP contribution in [0.15, 0.2) is 24.3 Å². The van der Waals surface area contributed by atoms with E-state index in [-0.39, 0.29) is 18.6 Å². The first-order valence-electron chi connectivity index (χ1n) is 7.63. The lowest BCUT2D eigenvalue weighted by Gasteiger charge is -2.22. The van der Waals surface area contributed by atoms with Crippen LogP contribution in [0.25, 0.3) is 0 Å². The topological polar surface area (TPSA) is 59.6 Å². The molecule has 1 amide bonds. The van der Waals surface area contributed by atoms with E-state index in [0.29, 0.717) is 6.61 Å². The number of piperidine rings is 1. The molecule has 1 aromatic carbocycles. The summed E-state index contributed by atoms with van der Waals surface area (Å²) in [7, 11) is 0. The van der Waals surface area contributed by atoms with Gasteiger partial charge in [-0.25, -0.2) is 0 Å². The normalized spacial score (nSPS) is 15.7. The monoisotopic (exact) mass is 292 g/mol. The predicted molar refractivity (Wildman–Crippen MR) is 82.7 cm³/mol. The third-order valence-corrected chi connectivity index (χ3v) is 3.35. The number of anilines is 1. The minimum absolute atomic E-state index is 0.110. The van der Waals surface area contributed by atoms with Crippen molar-refractivity contribution in [1.29, 1.82) is 0 Å². The molecule has 1 fully saturated rings. The first-order chi connectivity index (χ1) is 10.3. The van der Waals surface area contributed by atoms with Crippen molar-refractivity contribution in [2.45, 2.75) is 32.3 Å². The number of hydrogen-bond donors (Lipinski definition) is 2. The fourth-order valence-electron chi connectivity index (χ4n) is 2.21. The lowest BCUT2D eigenvalue weighted by atomic mass is 10.1. The molecule has 0 bridgehead atoms. The number of carbonyl (C=O) groups excluding carboxylic acids is 1. The molecule has 2 N–H and O–H groups in total. The van der Waals surface area contributed by atoms with Gasteiger partial charge >= 0.3 is 0 Å². The van der Waals surface area contributed by atoms with E-state index in [2.05, 4.69) is 17.6 Å². The van der Waals surface area contributed by atoms with Crippen molar-refractivity contribution in [2.24, 2.45) is 0 Å². The van der Waals surface area contributed by atoms with Gasteiger partial charge in [0.1, 0.15) is 12.4 Å². The summed E-state index contributed by atoms with van der Waals surface area (Å²) in [6, 6.07) is 7.40. The van der Waals surface area contributed by atoms with Gasteiger partial charge < -0.3 is 20.1 Å². The second kappa shape index (κ2) is 8.64. The number of benzene rings is 1. The van der Waals surface area contributed by atoms with E-state index in [1.54, 1.807) is 0 Å². The predicted octanol–water partition coefficient (Wildman–Crippen LogP) is 2.18. The highest BCUT2D eigenvalue weighted by Crippen LogP contribution is 2.16. The van der Waals surface area contributed by atoms with Gasteiger partial charge in [0.2, 0.25) is 5.91 Å². The standard InChI is InChI=1S/C16H24N2O3/c1-2-11-20-14-5-3-13(4-6-14)18-16(19)12-21-15-7-9-17-10-8-15/h3-6,15,17H,2,7-12H2,1H3,(H,18,19). The molecular formula is C16H24N2O3. The average Bonchev–Trinajstić information content (AvgIpc) is 2.53. The summed E-state index contributed by atoms with van der Waals surface area (Å²) in [5.41, 5.74) is 0.762. The molecule has 1 heterocycles. The van der Waals surface area contributed by atoms with Gasteiger partial charge in [0.15, 0.2) is 0 Å². The van der Waals surface area contributed by atoms with E-state index in [4.69, 9.17) is 9.47 Å². The Morgan fingerprint density at radius 3 is 2.67 bits per heavy atom. The average molecular weight is 292 g/mol. The summed E-state index contributed by atoms with van der Waals surface area (Å²) < 4.78 is 11.1. The minimum atomic E-state index is -0.115. The molecule has 0 saturated carbocycles. The molecule has 0 atom stereocenters. The molecule has 0 spiro atoms. The highest BCUT2D eigenvalue weighted by molar-refractivity contribution is 5.91. The van der Waals surface area contributed by atoms with E-state index >= 15 is 0 Å². The third kappa shape index (κ3) is 5.73. The zero-order valence-electron chi connectivity index (χ0n) is 12.6. The van der Waals surface area contributed by atoms with Crippen molar-refractivity contribution < 1.29 is 14.3 Å². The maximum Gasteiger partial charge on any atom is 0.250 e. The Morgan fingerprint density at radius 1 is 1.29 bits per heavy atom. The summed E-state index contributed by atoms with van der Waals surface area (Å²) >= 11 is 0. The molecule has 0 radical (unpaired) electrons. The van der Waals surface area contributed by atoms with Gasteiger partial charge in [-0.15, -0.1) is 0 Å². The molecule has 5 nitrogen and oxygen atoms in total. The van der Waals surface area contributed by atoms with Crippen LogP contribution in [0, 0.1) is 0 Å². The molecule has 1 aliphatic rings. The van der Waals surface area contributed by atoms with Gasteiger partial charge in [0.25, 0.3) is 0 Å². The van der Waals surface area contributed by atoms with Crippen LogP contribution >= 0.6 is 0 Å². The maximum atomic E-state index is 11.8. The van der Waals surface area contributed by atoms with E-state index < -0.39 is 0 Å². The van der Waals surface area contributed by atoms with E-state index in [1.165, 1.54) is 0 Å². The van der Waals surface area contributed by atoms with Crippen molar-refractivity contribution in [3.63, 3.8) is 0 Å². The Labute approximate surface area is 126 Å². The van der Waals surface area contributed by atoms with Crippen LogP contribution in [-0.4, -0.2) is 38.3 Å². The minimum Gasteiger partial charge on any atom is -0.494 e. The molecule has 1 saturated heterocycles. The highest BCUT2D eigenvalue weighted by Gasteiger charge is 2.14. The first kappa shape index (κ1) is 15.8. The summed E-state index contributed by atoms with van der Waals surface area (Å²) in [6.07, 6.45) is 3.11. The molecule has 0 aliphatic carbocycles. The molecule has 5 heteroatoms. The van der Waals surface area contributed by atoms with Crippen LogP contribution in [0.4, 0.5) is 5.69 Å². The largest absolute Gasteiger partial charge is 0.494 e. The Hall–Kier alpha value is -1.59. The Bertz CT molecular complexity index is 428. The molecular weight excluding hydrogens is 268 g/mol. The SMILES string of the molecule is CCCOc1ccc(NC(=O)COC2CCNCC2)cc1. The first-order valence-corrected chi connectivity index (χ1v) is 7.63. The van der Waals surface area contributed by atoms with Crippen LogP contribution in [0.5, 0.6) is 5.75 Å². The van der Waals surface area contributed by atoms with E-state index in [9.17, 15) is 4.79 Å². The second-order valence-corrected chi connectivity index (χ2v) is 5.18. The van der Waals surface area contributed by atoms with Gasteiger partial charge in [0, 0.05) is 5.69 Å². The zero-order chi connectivity index (χ0) is 14.9. The zero-order valence-corrected chi connectivity index (χ0v) is 12.6. The van der Waals surface area contributed by atoms with Gasteiger partial charge in [0.05, 0.1) is 12.7 Å². The Balaban J connectivity index is 1.71. The highest BCUT2D eigenvalue weighted by atomic mass is 16.5. The number of carbonyl (C=O) groups is 1. The number of rotatable bonds is 7. The van der Waals surface area contributed by atoms with Crippen LogP contribution in [0.3, 0.4) is 0 Å². The lowest BCUT2D eigenvalue weighted by Crippen LogP contribution is -2.34. The molecule has 0 unspecified atom stereocenters. The van der Waals surface area contributed by atoms with Crippen LogP contribution in [0.2, 0.25) is 0 Å². The molecule has 21 heavy (non-hydrogen) atoms. The molecule has 1 aliphatic heterocycles. The third-order valence-electron chi connectivity index (χ3n) is 3.35. The van der Waals surface area contributed by atoms with Crippen molar-refractivity contribution >= 4 is 11.6 Å². The van der Waals surface area contributed by atoms with Gasteiger partial charge in [-0.1, -0.05) is 6.92 Å². The summed E-state index contributed by atoms with van der Waals surface area (Å²) in [5.74, 6) is 0.705. The fourth-order valence-corrected chi connectivity index (χ4v) is 2.21. The Kier molecular flexibility index (Phi) is 6.50. The summed E-state index contributed by atoms with van der Waals surface area (Å²) in [4.78, 5) is 11.8. The summed E-state index contributed by atoms with van der Waals surface area (Å²) in [5, 5.41) is 6.10. The quantitative estimate of drug-likeness (QED) is 0.808. The van der Waals surface area contributed by atoms with Crippen LogP contribution in [0.1, 0.15) is 26.2 Å². The number of hydrogen-bond acceptors (Lipinski definition) is 4. The summed E-state index contributed by atoms with van der Waals surface area (Å²) in [6.45, 7) is 4.81.